The van der Waals surface area contributed by atoms with E-state index in [0.717, 1.165) is 36.1 Å². The summed E-state index contributed by atoms with van der Waals surface area (Å²) < 4.78 is 25.6. The number of nitrogens with two attached hydrogens (primary N) is 1. The molecular weight excluding hydrogens is 432 g/mol. The maximum absolute atomic E-state index is 12.2. The Labute approximate surface area is 188 Å². The van der Waals surface area contributed by atoms with E-state index < -0.39 is 15.9 Å². The number of carbonyl (C=O) groups excluding carboxylic acids is 1. The Kier molecular flexibility index (Phi) is 7.65. The summed E-state index contributed by atoms with van der Waals surface area (Å²) in [6.07, 6.45) is 5.10. The van der Waals surface area contributed by atoms with E-state index in [4.69, 9.17) is 10.6 Å². The number of sulfonamides is 1. The Hall–Kier alpha value is -3.18. The second-order valence-corrected chi connectivity index (χ2v) is 9.69. The van der Waals surface area contributed by atoms with Crippen molar-refractivity contribution >= 4 is 33.3 Å². The van der Waals surface area contributed by atoms with E-state index in [2.05, 4.69) is 20.4 Å². The average Bonchev–Trinajstić information content (AvgIpc) is 2.79. The first-order valence-corrected chi connectivity index (χ1v) is 11.7. The second kappa shape index (κ2) is 10.4. The lowest BCUT2D eigenvalue weighted by atomic mass is 10.1. The van der Waals surface area contributed by atoms with Crippen molar-refractivity contribution in [3.63, 3.8) is 0 Å². The standard InChI is InChI=1S/C21H28N6O4S/c1-26(2)32(29,30)17-9-6-8-16(14-17)24-19(28)15-31-25-20(22)18-10-7-11-23-21(18)27-12-4-3-5-13-27/h6-11,14H,3-5,12-13,15H2,1-2H3,(H2,22,25)(H,24,28). The van der Waals surface area contributed by atoms with Crippen molar-refractivity contribution in [3.8, 4) is 0 Å². The van der Waals surface area contributed by atoms with Gasteiger partial charge in [0.15, 0.2) is 12.4 Å². The lowest BCUT2D eigenvalue weighted by Crippen LogP contribution is -2.32. The molecule has 0 bridgehead atoms. The molecular formula is C21H28N6O4S. The minimum Gasteiger partial charge on any atom is -0.384 e. The summed E-state index contributed by atoms with van der Waals surface area (Å²) in [7, 11) is -0.725. The number of piperidine rings is 1. The van der Waals surface area contributed by atoms with Crippen LogP contribution in [-0.2, 0) is 19.7 Å². The number of benzene rings is 1. The Morgan fingerprint density at radius 1 is 1.22 bits per heavy atom. The minimum atomic E-state index is -3.61. The zero-order valence-corrected chi connectivity index (χ0v) is 19.0. The molecule has 172 valence electrons. The van der Waals surface area contributed by atoms with Crippen LogP contribution < -0.4 is 16.0 Å². The molecule has 1 aliphatic heterocycles. The number of oxime groups is 1. The van der Waals surface area contributed by atoms with Crippen LogP contribution in [0.4, 0.5) is 11.5 Å². The molecule has 0 radical (unpaired) electrons. The summed E-state index contributed by atoms with van der Waals surface area (Å²) in [5, 5.41) is 6.47. The van der Waals surface area contributed by atoms with Gasteiger partial charge >= 0.3 is 0 Å². The van der Waals surface area contributed by atoms with Gasteiger partial charge in [0.2, 0.25) is 10.0 Å². The highest BCUT2D eigenvalue weighted by Crippen LogP contribution is 2.21. The monoisotopic (exact) mass is 460 g/mol. The predicted molar refractivity (Wildman–Crippen MR) is 123 cm³/mol. The highest BCUT2D eigenvalue weighted by atomic mass is 32.2. The normalized spacial score (nSPS) is 15.0. The molecule has 32 heavy (non-hydrogen) atoms. The SMILES string of the molecule is CN(C)S(=O)(=O)c1cccc(NC(=O)CO/N=C(/N)c2cccnc2N2CCCCC2)c1. The van der Waals surface area contributed by atoms with Gasteiger partial charge in [0.05, 0.1) is 10.5 Å². The number of anilines is 2. The molecule has 2 aromatic rings. The highest BCUT2D eigenvalue weighted by Gasteiger charge is 2.19. The molecule has 1 aromatic carbocycles. The molecule has 0 spiro atoms. The number of hydrogen-bond donors (Lipinski definition) is 2. The molecule has 0 atom stereocenters. The van der Waals surface area contributed by atoms with Crippen molar-refractivity contribution in [1.29, 1.82) is 0 Å². The van der Waals surface area contributed by atoms with Crippen LogP contribution in [0.15, 0.2) is 52.6 Å². The van der Waals surface area contributed by atoms with Gasteiger partial charge in [-0.25, -0.2) is 17.7 Å². The van der Waals surface area contributed by atoms with E-state index >= 15 is 0 Å². The molecule has 1 aliphatic rings. The lowest BCUT2D eigenvalue weighted by molar-refractivity contribution is -0.120. The molecule has 0 saturated carbocycles. The number of rotatable bonds is 8. The van der Waals surface area contributed by atoms with E-state index in [0.29, 0.717) is 11.3 Å². The van der Waals surface area contributed by atoms with Crippen LogP contribution in [0.5, 0.6) is 0 Å². The summed E-state index contributed by atoms with van der Waals surface area (Å²) >= 11 is 0. The van der Waals surface area contributed by atoms with Gasteiger partial charge in [-0.05, 0) is 49.6 Å². The van der Waals surface area contributed by atoms with Gasteiger partial charge in [0, 0.05) is 39.1 Å². The molecule has 1 amide bonds. The second-order valence-electron chi connectivity index (χ2n) is 7.54. The maximum Gasteiger partial charge on any atom is 0.265 e. The Morgan fingerprint density at radius 3 is 2.69 bits per heavy atom. The number of nitrogens with one attached hydrogen (secondary N) is 1. The summed E-state index contributed by atoms with van der Waals surface area (Å²) in [6, 6.07) is 9.56. The number of nitrogens with zero attached hydrogens (tertiary/aromatic N) is 4. The van der Waals surface area contributed by atoms with Crippen molar-refractivity contribution < 1.29 is 18.0 Å². The molecule has 1 saturated heterocycles. The van der Waals surface area contributed by atoms with Crippen LogP contribution in [0.1, 0.15) is 24.8 Å². The predicted octanol–water partition coefficient (Wildman–Crippen LogP) is 1.60. The molecule has 3 rings (SSSR count). The average molecular weight is 461 g/mol. The third-order valence-corrected chi connectivity index (χ3v) is 6.78. The first-order valence-electron chi connectivity index (χ1n) is 10.3. The largest absolute Gasteiger partial charge is 0.384 e. The van der Waals surface area contributed by atoms with Crippen molar-refractivity contribution in [2.24, 2.45) is 10.9 Å². The third kappa shape index (κ3) is 5.74. The van der Waals surface area contributed by atoms with Crippen molar-refractivity contribution in [1.82, 2.24) is 9.29 Å². The first-order chi connectivity index (χ1) is 15.3. The van der Waals surface area contributed by atoms with E-state index in [1.807, 2.05) is 6.07 Å². The Balaban J connectivity index is 1.62. The van der Waals surface area contributed by atoms with Crippen molar-refractivity contribution in [2.75, 3.05) is 44.0 Å². The molecule has 1 aromatic heterocycles. The number of hydrogen-bond acceptors (Lipinski definition) is 7. The van der Waals surface area contributed by atoms with Gasteiger partial charge < -0.3 is 20.8 Å². The smallest absolute Gasteiger partial charge is 0.265 e. The van der Waals surface area contributed by atoms with Gasteiger partial charge in [-0.3, -0.25) is 4.79 Å². The van der Waals surface area contributed by atoms with Crippen LogP contribution in [0.25, 0.3) is 0 Å². The van der Waals surface area contributed by atoms with Gasteiger partial charge in [0.25, 0.3) is 5.91 Å². The molecule has 3 N–H and O–H groups in total. The summed E-state index contributed by atoms with van der Waals surface area (Å²) in [5.41, 5.74) is 7.07. The quantitative estimate of drug-likeness (QED) is 0.348. The van der Waals surface area contributed by atoms with Crippen molar-refractivity contribution in [2.45, 2.75) is 24.2 Å². The Bertz CT molecular complexity index is 1080. The zero-order chi connectivity index (χ0) is 23.1. The van der Waals surface area contributed by atoms with E-state index in [9.17, 15) is 13.2 Å². The van der Waals surface area contributed by atoms with Crippen LogP contribution in [0, 0.1) is 0 Å². The van der Waals surface area contributed by atoms with Crippen molar-refractivity contribution in [3.05, 3.63) is 48.2 Å². The zero-order valence-electron chi connectivity index (χ0n) is 18.2. The van der Waals surface area contributed by atoms with Gasteiger partial charge in [-0.1, -0.05) is 11.2 Å². The van der Waals surface area contributed by atoms with E-state index in [-0.39, 0.29) is 17.3 Å². The van der Waals surface area contributed by atoms with Crippen LogP contribution >= 0.6 is 0 Å². The fourth-order valence-corrected chi connectivity index (χ4v) is 4.25. The molecule has 10 nitrogen and oxygen atoms in total. The molecule has 0 unspecified atom stereocenters. The van der Waals surface area contributed by atoms with Gasteiger partial charge in [-0.15, -0.1) is 0 Å². The number of aromatic nitrogens is 1. The van der Waals surface area contributed by atoms with E-state index in [1.165, 1.54) is 32.6 Å². The molecule has 1 fully saturated rings. The topological polar surface area (TPSA) is 130 Å². The fraction of sp³-hybridized carbons (Fsp3) is 0.381. The summed E-state index contributed by atoms with van der Waals surface area (Å²) in [6.45, 7) is 1.43. The third-order valence-electron chi connectivity index (χ3n) is 4.97. The maximum atomic E-state index is 12.2. The van der Waals surface area contributed by atoms with Crippen LogP contribution in [-0.4, -0.2) is 63.2 Å². The van der Waals surface area contributed by atoms with Gasteiger partial charge in [-0.2, -0.15) is 0 Å². The minimum absolute atomic E-state index is 0.0744. The van der Waals surface area contributed by atoms with Gasteiger partial charge in [0.1, 0.15) is 5.82 Å². The highest BCUT2D eigenvalue weighted by molar-refractivity contribution is 7.89. The van der Waals surface area contributed by atoms with Crippen LogP contribution in [0.3, 0.4) is 0 Å². The number of pyridine rings is 1. The molecule has 2 heterocycles. The first kappa shape index (κ1) is 23.5. The number of carbonyl (C=O) groups is 1. The molecule has 11 heteroatoms. The number of amidine groups is 1. The van der Waals surface area contributed by atoms with Crippen LogP contribution in [0.2, 0.25) is 0 Å². The molecule has 0 aliphatic carbocycles. The van der Waals surface area contributed by atoms with E-state index in [1.54, 1.807) is 24.4 Å². The lowest BCUT2D eigenvalue weighted by Gasteiger charge is -2.29. The fourth-order valence-electron chi connectivity index (χ4n) is 3.31. The Morgan fingerprint density at radius 2 is 1.97 bits per heavy atom. The number of amides is 1. The summed E-state index contributed by atoms with van der Waals surface area (Å²) in [5.74, 6) is 0.384. The summed E-state index contributed by atoms with van der Waals surface area (Å²) in [4.78, 5) is 24.0.